The molecular weight excluding hydrogens is 682 g/mol. The van der Waals surface area contributed by atoms with Crippen LogP contribution < -0.4 is 15.2 Å². The largest absolute Gasteiger partial charge is 0.479 e. The zero-order valence-corrected chi connectivity index (χ0v) is 26.1. The lowest BCUT2D eigenvalue weighted by molar-refractivity contribution is -0.385. The van der Waals surface area contributed by atoms with Crippen molar-refractivity contribution in [3.05, 3.63) is 101 Å². The number of benzene rings is 3. The standard InChI is InChI=1S/C15H14Cl2N2O3.C14H7ClF3NO5/c1-5-6-21-12-8-11(9(16)7-10(12)17)19-14(20)22-13(18-19)15(2,3)4;15-10-5-7(14(16,17)18)1-4-12(10)24-8-2-3-11(19(22)23)9(6-8)13(20)21/h1,7-8H,6H2,2-4H3;1-6H,(H,20,21). The maximum absolute atomic E-state index is 12.6. The lowest BCUT2D eigenvalue weighted by atomic mass is 9.97. The van der Waals surface area contributed by atoms with Crippen LogP contribution in [-0.2, 0) is 11.6 Å². The Labute approximate surface area is 273 Å². The summed E-state index contributed by atoms with van der Waals surface area (Å²) in [5.41, 5.74) is -2.35. The van der Waals surface area contributed by atoms with Gasteiger partial charge in [-0.15, -0.1) is 11.5 Å². The lowest BCUT2D eigenvalue weighted by Crippen LogP contribution is -2.15. The zero-order valence-electron chi connectivity index (χ0n) is 23.8. The SMILES string of the molecule is C#CCOc1cc(-n2nc(C(C)(C)C)oc2=O)c(Cl)cc1Cl.O=C(O)c1cc(Oc2ccc(C(F)(F)F)cc2Cl)ccc1[N+](=O)[O-]. The number of halogens is 6. The van der Waals surface area contributed by atoms with Crippen molar-refractivity contribution in [1.29, 1.82) is 0 Å². The van der Waals surface area contributed by atoms with Gasteiger partial charge >= 0.3 is 17.9 Å². The molecule has 1 N–H and O–H groups in total. The smallest absolute Gasteiger partial charge is 0.442 e. The van der Waals surface area contributed by atoms with Crippen molar-refractivity contribution in [2.75, 3.05) is 6.61 Å². The molecule has 242 valence electrons. The molecule has 0 amide bonds. The molecule has 0 aliphatic rings. The Hall–Kier alpha value is -4.71. The Bertz CT molecular complexity index is 1890. The summed E-state index contributed by atoms with van der Waals surface area (Å²) in [5, 5.41) is 24.1. The number of hydrogen-bond acceptors (Lipinski definition) is 8. The number of carbonyl (C=O) groups is 1. The van der Waals surface area contributed by atoms with Crippen LogP contribution in [-0.4, -0.2) is 32.4 Å². The van der Waals surface area contributed by atoms with E-state index in [1.54, 1.807) is 0 Å². The Kier molecular flexibility index (Phi) is 11.0. The predicted molar refractivity (Wildman–Crippen MR) is 162 cm³/mol. The Balaban J connectivity index is 0.000000251. The Morgan fingerprint density at radius 3 is 2.24 bits per heavy atom. The van der Waals surface area contributed by atoms with Gasteiger partial charge in [0.15, 0.2) is 0 Å². The minimum absolute atomic E-state index is 0.0434. The first-order valence-electron chi connectivity index (χ1n) is 12.6. The first kappa shape index (κ1) is 35.8. The Morgan fingerprint density at radius 1 is 1.07 bits per heavy atom. The fourth-order valence-corrected chi connectivity index (χ4v) is 4.18. The van der Waals surface area contributed by atoms with Gasteiger partial charge in [-0.3, -0.25) is 10.1 Å². The molecule has 0 saturated carbocycles. The number of nitrogens with zero attached hydrogens (tertiary/aromatic N) is 3. The molecule has 0 bridgehead atoms. The molecule has 11 nitrogen and oxygen atoms in total. The molecule has 0 radical (unpaired) electrons. The number of ether oxygens (including phenoxy) is 2. The molecule has 3 aromatic carbocycles. The van der Waals surface area contributed by atoms with Gasteiger partial charge in [-0.05, 0) is 30.3 Å². The topological polar surface area (TPSA) is 147 Å². The maximum Gasteiger partial charge on any atom is 0.442 e. The van der Waals surface area contributed by atoms with E-state index < -0.39 is 45.1 Å². The summed E-state index contributed by atoms with van der Waals surface area (Å²) in [6.45, 7) is 5.69. The number of hydrogen-bond donors (Lipinski definition) is 1. The lowest BCUT2D eigenvalue weighted by Gasteiger charge is -2.11. The van der Waals surface area contributed by atoms with E-state index in [0.29, 0.717) is 23.4 Å². The van der Waals surface area contributed by atoms with Gasteiger partial charge in [0.05, 0.1) is 31.2 Å². The first-order chi connectivity index (χ1) is 21.3. The van der Waals surface area contributed by atoms with Crippen LogP contribution in [0.3, 0.4) is 0 Å². The summed E-state index contributed by atoms with van der Waals surface area (Å²) in [5.74, 6) is 0.473. The van der Waals surface area contributed by atoms with Crippen LogP contribution in [0.4, 0.5) is 18.9 Å². The van der Waals surface area contributed by atoms with Crippen LogP contribution in [0.25, 0.3) is 5.69 Å². The second kappa shape index (κ2) is 14.2. The fourth-order valence-electron chi connectivity index (χ4n) is 3.44. The molecule has 0 aliphatic carbocycles. The summed E-state index contributed by atoms with van der Waals surface area (Å²) in [6.07, 6.45) is 0.577. The second-order valence-corrected chi connectivity index (χ2v) is 11.3. The van der Waals surface area contributed by atoms with Crippen LogP contribution >= 0.6 is 34.8 Å². The molecule has 1 aromatic heterocycles. The van der Waals surface area contributed by atoms with Crippen molar-refractivity contribution in [3.63, 3.8) is 0 Å². The molecule has 46 heavy (non-hydrogen) atoms. The highest BCUT2D eigenvalue weighted by Crippen LogP contribution is 2.37. The summed E-state index contributed by atoms with van der Waals surface area (Å²) in [6, 6.07) is 8.22. The van der Waals surface area contributed by atoms with Crippen LogP contribution in [0.1, 0.15) is 42.6 Å². The normalized spacial score (nSPS) is 11.2. The van der Waals surface area contributed by atoms with E-state index >= 15 is 0 Å². The van der Waals surface area contributed by atoms with E-state index in [-0.39, 0.29) is 33.2 Å². The van der Waals surface area contributed by atoms with Crippen LogP contribution in [0.15, 0.2) is 57.7 Å². The van der Waals surface area contributed by atoms with Crippen LogP contribution in [0.2, 0.25) is 15.1 Å². The number of carboxylic acid groups (broad SMARTS) is 1. The number of nitro groups is 1. The predicted octanol–water partition coefficient (Wildman–Crippen LogP) is 8.20. The van der Waals surface area contributed by atoms with Gasteiger partial charge in [-0.25, -0.2) is 9.59 Å². The van der Waals surface area contributed by atoms with Crippen molar-refractivity contribution >= 4 is 46.5 Å². The number of terminal acetylenes is 1. The molecular formula is C29H21Cl3F3N3O8. The minimum Gasteiger partial charge on any atom is -0.479 e. The van der Waals surface area contributed by atoms with Crippen molar-refractivity contribution in [3.8, 4) is 35.3 Å². The van der Waals surface area contributed by atoms with E-state index in [4.69, 9.17) is 60.2 Å². The van der Waals surface area contributed by atoms with Gasteiger partial charge in [0.25, 0.3) is 5.69 Å². The van der Waals surface area contributed by atoms with Gasteiger partial charge in [-0.2, -0.15) is 17.9 Å². The molecule has 0 unspecified atom stereocenters. The third-order valence-corrected chi connectivity index (χ3v) is 6.51. The quantitative estimate of drug-likeness (QED) is 0.114. The van der Waals surface area contributed by atoms with Gasteiger partial charge < -0.3 is 19.0 Å². The summed E-state index contributed by atoms with van der Waals surface area (Å²) in [7, 11) is 0. The van der Waals surface area contributed by atoms with Crippen LogP contribution in [0.5, 0.6) is 17.2 Å². The number of carboxylic acids is 1. The summed E-state index contributed by atoms with van der Waals surface area (Å²) >= 11 is 17.9. The number of aromatic nitrogens is 2. The highest BCUT2D eigenvalue weighted by atomic mass is 35.5. The van der Waals surface area contributed by atoms with Crippen molar-refractivity contribution in [2.45, 2.75) is 32.4 Å². The third kappa shape index (κ3) is 8.72. The molecule has 0 saturated heterocycles. The van der Waals surface area contributed by atoms with Gasteiger partial charge in [-0.1, -0.05) is 61.5 Å². The van der Waals surface area contributed by atoms with Gasteiger partial charge in [0.2, 0.25) is 5.89 Å². The molecule has 4 rings (SSSR count). The van der Waals surface area contributed by atoms with Crippen LogP contribution in [0, 0.1) is 22.5 Å². The van der Waals surface area contributed by atoms with Gasteiger partial charge in [0, 0.05) is 23.6 Å². The number of nitro benzene ring substituents is 1. The van der Waals surface area contributed by atoms with Crippen molar-refractivity contribution in [1.82, 2.24) is 9.78 Å². The molecule has 0 atom stereocenters. The first-order valence-corrected chi connectivity index (χ1v) is 13.7. The Morgan fingerprint density at radius 2 is 1.72 bits per heavy atom. The average Bonchev–Trinajstić information content (AvgIpc) is 3.35. The van der Waals surface area contributed by atoms with Crippen molar-refractivity contribution in [2.24, 2.45) is 0 Å². The minimum atomic E-state index is -4.58. The second-order valence-electron chi connectivity index (χ2n) is 10.0. The fraction of sp³-hybridized carbons (Fsp3) is 0.207. The molecule has 1 heterocycles. The molecule has 4 aromatic rings. The van der Waals surface area contributed by atoms with E-state index in [2.05, 4.69) is 11.0 Å². The highest BCUT2D eigenvalue weighted by molar-refractivity contribution is 6.36. The monoisotopic (exact) mass is 701 g/mol. The maximum atomic E-state index is 12.6. The summed E-state index contributed by atoms with van der Waals surface area (Å²) < 4.78 is 54.5. The molecule has 17 heteroatoms. The number of aromatic carboxylic acids is 1. The average molecular weight is 703 g/mol. The van der Waals surface area contributed by atoms with E-state index in [1.165, 1.54) is 12.1 Å². The zero-order chi connectivity index (χ0) is 34.6. The van der Waals surface area contributed by atoms with Crippen molar-refractivity contribution < 1.29 is 41.9 Å². The summed E-state index contributed by atoms with van der Waals surface area (Å²) in [4.78, 5) is 32.9. The third-order valence-electron chi connectivity index (χ3n) is 5.61. The molecule has 0 aliphatic heterocycles. The van der Waals surface area contributed by atoms with E-state index in [9.17, 15) is 32.9 Å². The molecule has 0 fully saturated rings. The van der Waals surface area contributed by atoms with E-state index in [1.807, 2.05) is 20.8 Å². The van der Waals surface area contributed by atoms with Gasteiger partial charge in [0.1, 0.15) is 29.4 Å². The highest BCUT2D eigenvalue weighted by Gasteiger charge is 2.31. The number of alkyl halides is 3. The molecule has 0 spiro atoms. The number of rotatable bonds is 7. The van der Waals surface area contributed by atoms with E-state index in [0.717, 1.165) is 35.0 Å².